The van der Waals surface area contributed by atoms with Crippen LogP contribution in [0.3, 0.4) is 0 Å². The maximum Gasteiger partial charge on any atom is 0.407 e. The summed E-state index contributed by atoms with van der Waals surface area (Å²) in [5.74, 6) is -0.691. The van der Waals surface area contributed by atoms with Gasteiger partial charge in [-0.15, -0.1) is 0 Å². The number of fused-ring (bicyclic) bond motifs is 2. The zero-order valence-corrected chi connectivity index (χ0v) is 18.5. The van der Waals surface area contributed by atoms with Gasteiger partial charge in [-0.2, -0.15) is 0 Å². The van der Waals surface area contributed by atoms with Crippen LogP contribution < -0.4 is 10.1 Å². The first kappa shape index (κ1) is 21.7. The number of carboxylic acid groups (broad SMARTS) is 1. The van der Waals surface area contributed by atoms with E-state index >= 15 is 0 Å². The fraction of sp³-hybridized carbons (Fsp3) is 0.375. The summed E-state index contributed by atoms with van der Waals surface area (Å²) in [6.45, 7) is 1.57. The Morgan fingerprint density at radius 3 is 2.67 bits per heavy atom. The molecule has 5 rings (SSSR count). The number of rotatable bonds is 4. The van der Waals surface area contributed by atoms with Gasteiger partial charge < -0.3 is 24.8 Å². The third kappa shape index (κ3) is 3.73. The van der Waals surface area contributed by atoms with Gasteiger partial charge in [-0.25, -0.2) is 9.59 Å². The molecule has 3 aliphatic rings. The van der Waals surface area contributed by atoms with Gasteiger partial charge >= 0.3 is 12.1 Å². The molecular weight excluding hydrogens is 448 g/mol. The Labute approximate surface area is 195 Å². The topological polar surface area (TPSA) is 105 Å². The smallest absolute Gasteiger partial charge is 0.407 e. The van der Waals surface area contributed by atoms with Crippen LogP contribution in [0.4, 0.5) is 4.79 Å². The highest BCUT2D eigenvalue weighted by molar-refractivity contribution is 6.34. The number of ether oxygens (including phenoxy) is 2. The minimum absolute atomic E-state index is 0.116. The fourth-order valence-electron chi connectivity index (χ4n) is 5.00. The lowest BCUT2D eigenvalue weighted by Gasteiger charge is -2.30. The lowest BCUT2D eigenvalue weighted by Crippen LogP contribution is -2.41. The van der Waals surface area contributed by atoms with E-state index in [-0.39, 0.29) is 16.9 Å². The number of nitrogens with zero attached hydrogens (tertiary/aromatic N) is 1. The van der Waals surface area contributed by atoms with E-state index in [2.05, 4.69) is 5.32 Å². The van der Waals surface area contributed by atoms with E-state index in [0.717, 1.165) is 5.56 Å². The first-order valence-corrected chi connectivity index (χ1v) is 11.3. The van der Waals surface area contributed by atoms with Crippen LogP contribution >= 0.6 is 11.6 Å². The number of hydrogen-bond acceptors (Lipinski definition) is 6. The summed E-state index contributed by atoms with van der Waals surface area (Å²) in [6, 6.07) is 12.1. The molecule has 172 valence electrons. The number of carbonyl (C=O) groups excluding carboxylic acids is 2. The molecule has 2 fully saturated rings. The number of benzene rings is 2. The molecule has 0 saturated carbocycles. The Morgan fingerprint density at radius 2 is 1.94 bits per heavy atom. The molecule has 2 aromatic carbocycles. The molecule has 0 aromatic heterocycles. The van der Waals surface area contributed by atoms with E-state index < -0.39 is 23.6 Å². The molecule has 2 atom stereocenters. The molecule has 3 heterocycles. The van der Waals surface area contributed by atoms with Gasteiger partial charge in [0, 0.05) is 50.1 Å². The van der Waals surface area contributed by atoms with E-state index in [4.69, 9.17) is 26.2 Å². The highest BCUT2D eigenvalue weighted by atomic mass is 35.5. The summed E-state index contributed by atoms with van der Waals surface area (Å²) in [4.78, 5) is 38.4. The zero-order chi connectivity index (χ0) is 23.2. The van der Waals surface area contributed by atoms with Crippen LogP contribution in [0.25, 0.3) is 0 Å². The maximum absolute atomic E-state index is 13.5. The van der Waals surface area contributed by atoms with Crippen molar-refractivity contribution in [3.8, 4) is 5.75 Å². The van der Waals surface area contributed by atoms with Crippen molar-refractivity contribution < 1.29 is 29.0 Å². The van der Waals surface area contributed by atoms with E-state index in [1.165, 1.54) is 4.90 Å². The monoisotopic (exact) mass is 470 g/mol. The number of nitrogens with one attached hydrogen (secondary N) is 1. The van der Waals surface area contributed by atoms with Crippen molar-refractivity contribution in [2.24, 2.45) is 5.92 Å². The summed E-state index contributed by atoms with van der Waals surface area (Å²) in [7, 11) is 0. The van der Waals surface area contributed by atoms with Crippen LogP contribution in [0.5, 0.6) is 5.75 Å². The largest absolute Gasteiger partial charge is 0.490 e. The van der Waals surface area contributed by atoms with Gasteiger partial charge in [0.2, 0.25) is 0 Å². The van der Waals surface area contributed by atoms with Crippen LogP contribution in [0.15, 0.2) is 42.5 Å². The van der Waals surface area contributed by atoms with Crippen molar-refractivity contribution >= 4 is 29.4 Å². The number of amides is 1. The summed E-state index contributed by atoms with van der Waals surface area (Å²) >= 11 is 6.49. The third-order valence-electron chi connectivity index (χ3n) is 6.71. The molecule has 2 aromatic rings. The number of hydrogen-bond donors (Lipinski definition) is 2. The van der Waals surface area contributed by atoms with Gasteiger partial charge in [-0.1, -0.05) is 29.8 Å². The molecule has 9 heteroatoms. The average Bonchev–Trinajstić information content (AvgIpc) is 3.35. The van der Waals surface area contributed by atoms with Crippen molar-refractivity contribution in [1.82, 2.24) is 10.2 Å². The summed E-state index contributed by atoms with van der Waals surface area (Å²) in [5.41, 5.74) is 0.518. The second kappa shape index (κ2) is 8.35. The first-order valence-electron chi connectivity index (χ1n) is 10.9. The maximum atomic E-state index is 13.5. The Balaban J connectivity index is 1.34. The minimum atomic E-state index is -1.04. The Kier molecular flexibility index (Phi) is 5.50. The summed E-state index contributed by atoms with van der Waals surface area (Å²) in [5, 5.41) is 12.5. The van der Waals surface area contributed by atoms with Crippen molar-refractivity contribution in [2.75, 3.05) is 26.2 Å². The SMILES string of the molecule is O=C1O[C@@]2(CNCC2C(=O)c2ccc(OC3CCN(C(=O)O)CC3)cc2Cl)c2ccccc21. The second-order valence-corrected chi connectivity index (χ2v) is 9.01. The van der Waals surface area contributed by atoms with Crippen LogP contribution in [0, 0.1) is 5.92 Å². The minimum Gasteiger partial charge on any atom is -0.490 e. The molecule has 0 radical (unpaired) electrons. The molecule has 2 N–H and O–H groups in total. The van der Waals surface area contributed by atoms with Crippen molar-refractivity contribution in [1.29, 1.82) is 0 Å². The first-order chi connectivity index (χ1) is 15.9. The van der Waals surface area contributed by atoms with Gasteiger partial charge in [0.05, 0.1) is 16.5 Å². The van der Waals surface area contributed by atoms with E-state index in [9.17, 15) is 14.4 Å². The molecule has 33 heavy (non-hydrogen) atoms. The average molecular weight is 471 g/mol. The van der Waals surface area contributed by atoms with E-state index in [1.807, 2.05) is 12.1 Å². The number of halogens is 1. The lowest BCUT2D eigenvalue weighted by atomic mass is 9.79. The normalized spacial score (nSPS) is 24.6. The van der Waals surface area contributed by atoms with Crippen LogP contribution in [-0.4, -0.2) is 60.1 Å². The Morgan fingerprint density at radius 1 is 1.18 bits per heavy atom. The van der Waals surface area contributed by atoms with Crippen LogP contribution in [-0.2, 0) is 10.3 Å². The van der Waals surface area contributed by atoms with Crippen LogP contribution in [0.2, 0.25) is 5.02 Å². The summed E-state index contributed by atoms with van der Waals surface area (Å²) in [6.07, 6.45) is 0.140. The molecule has 0 bridgehead atoms. The predicted octanol–water partition coefficient (Wildman–Crippen LogP) is 3.33. The fourth-order valence-corrected chi connectivity index (χ4v) is 5.27. The van der Waals surface area contributed by atoms with Crippen molar-refractivity contribution in [3.05, 3.63) is 64.2 Å². The Bertz CT molecular complexity index is 1130. The van der Waals surface area contributed by atoms with Gasteiger partial charge in [0.25, 0.3) is 0 Å². The highest BCUT2D eigenvalue weighted by Crippen LogP contribution is 2.45. The van der Waals surface area contributed by atoms with Crippen molar-refractivity contribution in [2.45, 2.75) is 24.5 Å². The lowest BCUT2D eigenvalue weighted by molar-refractivity contribution is -0.0158. The Hall–Kier alpha value is -3.10. The molecule has 3 aliphatic heterocycles. The standard InChI is InChI=1S/C24H23ClN2O6/c25-20-11-15(32-14-7-9-27(10-8-14)23(30)31)5-6-17(20)21(28)19-12-26-13-24(19)18-4-2-1-3-16(18)22(29)33-24/h1-6,11,14,19,26H,7-10,12-13H2,(H,30,31)/t19?,24-/m0/s1. The quantitative estimate of drug-likeness (QED) is 0.521. The molecule has 1 amide bonds. The predicted molar refractivity (Wildman–Crippen MR) is 119 cm³/mol. The number of likely N-dealkylation sites (tertiary alicyclic amines) is 1. The number of carbonyl (C=O) groups is 3. The van der Waals surface area contributed by atoms with Gasteiger partial charge in [0.15, 0.2) is 11.4 Å². The van der Waals surface area contributed by atoms with E-state index in [0.29, 0.717) is 55.9 Å². The molecule has 2 saturated heterocycles. The molecule has 1 spiro atoms. The molecular formula is C24H23ClN2O6. The number of piperidine rings is 1. The highest BCUT2D eigenvalue weighted by Gasteiger charge is 2.56. The van der Waals surface area contributed by atoms with Crippen molar-refractivity contribution in [3.63, 3.8) is 0 Å². The van der Waals surface area contributed by atoms with Gasteiger partial charge in [-0.05, 0) is 24.3 Å². The van der Waals surface area contributed by atoms with E-state index in [1.54, 1.807) is 30.3 Å². The number of Topliss-reactive ketones (excluding diaryl/α,β-unsaturated/α-hetero) is 1. The van der Waals surface area contributed by atoms with Crippen LogP contribution in [0.1, 0.15) is 39.1 Å². The molecule has 1 unspecified atom stereocenters. The second-order valence-electron chi connectivity index (χ2n) is 8.60. The summed E-state index contributed by atoms with van der Waals surface area (Å²) < 4.78 is 11.8. The zero-order valence-electron chi connectivity index (χ0n) is 17.8. The number of ketones is 1. The third-order valence-corrected chi connectivity index (χ3v) is 7.03. The van der Waals surface area contributed by atoms with Gasteiger partial charge in [-0.3, -0.25) is 4.79 Å². The molecule has 0 aliphatic carbocycles. The molecule has 8 nitrogen and oxygen atoms in total. The van der Waals surface area contributed by atoms with Gasteiger partial charge in [0.1, 0.15) is 11.9 Å². The number of esters is 1.